The van der Waals surface area contributed by atoms with Crippen molar-refractivity contribution in [3.63, 3.8) is 0 Å². The Morgan fingerprint density at radius 2 is 1.62 bits per heavy atom. The van der Waals surface area contributed by atoms with Gasteiger partial charge in [-0.2, -0.15) is 0 Å². The summed E-state index contributed by atoms with van der Waals surface area (Å²) in [5, 5.41) is 0. The van der Waals surface area contributed by atoms with Gasteiger partial charge in [-0.25, -0.2) is 0 Å². The number of carbonyl (C=O) groups is 1. The third kappa shape index (κ3) is 7.89. The van der Waals surface area contributed by atoms with Crippen molar-refractivity contribution in [1.29, 1.82) is 0 Å². The lowest BCUT2D eigenvalue weighted by molar-refractivity contribution is -0.134. The van der Waals surface area contributed by atoms with Gasteiger partial charge in [0.2, 0.25) is 5.91 Å². The summed E-state index contributed by atoms with van der Waals surface area (Å²) in [6, 6.07) is 10.5. The minimum atomic E-state index is -0.116. The molecule has 8 heteroatoms. The molecule has 0 spiro atoms. The second kappa shape index (κ2) is 13.4. The number of carbonyl (C=O) groups excluding carboxylic acids is 1. The van der Waals surface area contributed by atoms with Crippen molar-refractivity contribution >= 4 is 48.8 Å². The molecule has 1 saturated heterocycles. The molecule has 2 unspecified atom stereocenters. The van der Waals surface area contributed by atoms with Gasteiger partial charge in [-0.15, -0.1) is 37.2 Å². The molecular weight excluding hydrogens is 395 g/mol. The molecule has 0 aliphatic carbocycles. The van der Waals surface area contributed by atoms with Gasteiger partial charge in [-0.05, 0) is 19.1 Å². The van der Waals surface area contributed by atoms with Crippen molar-refractivity contribution in [2.24, 2.45) is 11.7 Å². The first kappa shape index (κ1) is 27.5. The van der Waals surface area contributed by atoms with Gasteiger partial charge in [0.05, 0.1) is 5.92 Å². The van der Waals surface area contributed by atoms with Crippen molar-refractivity contribution in [3.8, 4) is 0 Å². The van der Waals surface area contributed by atoms with E-state index in [0.29, 0.717) is 0 Å². The number of benzene rings is 1. The highest BCUT2D eigenvalue weighted by Crippen LogP contribution is 2.15. The monoisotopic (exact) mass is 426 g/mol. The standard InChI is InChI=1S/C18H30N4O.3ClH/c1-15(16(2)19)18(23)20(3)9-10-21-11-13-22(14-12-21)17-7-5-4-6-8-17;;;/h4-8,15-16H,9-14,19H2,1-3H3;3*1H. The first-order valence-corrected chi connectivity index (χ1v) is 8.52. The minimum absolute atomic E-state index is 0. The first-order chi connectivity index (χ1) is 11.0. The van der Waals surface area contributed by atoms with Gasteiger partial charge in [0.25, 0.3) is 0 Å². The zero-order valence-corrected chi connectivity index (χ0v) is 18.3. The third-order valence-corrected chi connectivity index (χ3v) is 4.80. The summed E-state index contributed by atoms with van der Waals surface area (Å²) in [7, 11) is 1.88. The van der Waals surface area contributed by atoms with Crippen molar-refractivity contribution in [1.82, 2.24) is 9.80 Å². The number of piperazine rings is 1. The summed E-state index contributed by atoms with van der Waals surface area (Å²) in [5.41, 5.74) is 7.12. The Bertz CT molecular complexity index is 496. The molecule has 0 radical (unpaired) electrons. The van der Waals surface area contributed by atoms with Crippen LogP contribution in [-0.4, -0.2) is 68.1 Å². The van der Waals surface area contributed by atoms with Gasteiger partial charge in [0, 0.05) is 58.0 Å². The second-order valence-corrected chi connectivity index (χ2v) is 6.57. The number of halogens is 3. The number of hydrogen-bond donors (Lipinski definition) is 1. The maximum absolute atomic E-state index is 12.2. The number of nitrogens with two attached hydrogens (primary N) is 1. The van der Waals surface area contributed by atoms with Crippen LogP contribution in [0.15, 0.2) is 30.3 Å². The van der Waals surface area contributed by atoms with E-state index in [0.717, 1.165) is 39.3 Å². The fourth-order valence-electron chi connectivity index (χ4n) is 2.84. The average Bonchev–Trinajstić information content (AvgIpc) is 2.59. The lowest BCUT2D eigenvalue weighted by Crippen LogP contribution is -2.49. The van der Waals surface area contributed by atoms with E-state index in [1.54, 1.807) is 0 Å². The number of nitrogens with zero attached hydrogens (tertiary/aromatic N) is 3. The third-order valence-electron chi connectivity index (χ3n) is 4.80. The Kier molecular flexibility index (Phi) is 14.2. The van der Waals surface area contributed by atoms with Crippen LogP contribution in [0.2, 0.25) is 0 Å². The van der Waals surface area contributed by atoms with Gasteiger partial charge < -0.3 is 15.5 Å². The maximum Gasteiger partial charge on any atom is 0.226 e. The number of hydrogen-bond acceptors (Lipinski definition) is 4. The number of anilines is 1. The molecule has 2 N–H and O–H groups in total. The number of likely N-dealkylation sites (N-methyl/N-ethyl adjacent to an activating group) is 1. The van der Waals surface area contributed by atoms with Crippen molar-refractivity contribution in [2.75, 3.05) is 51.2 Å². The molecule has 0 aromatic heterocycles. The molecule has 1 aliphatic rings. The van der Waals surface area contributed by atoms with Crippen LogP contribution in [0.1, 0.15) is 13.8 Å². The van der Waals surface area contributed by atoms with Crippen LogP contribution < -0.4 is 10.6 Å². The van der Waals surface area contributed by atoms with Crippen LogP contribution in [-0.2, 0) is 4.79 Å². The van der Waals surface area contributed by atoms with E-state index in [1.165, 1.54) is 5.69 Å². The largest absolute Gasteiger partial charge is 0.369 e. The summed E-state index contributed by atoms with van der Waals surface area (Å²) < 4.78 is 0. The highest BCUT2D eigenvalue weighted by atomic mass is 35.5. The van der Waals surface area contributed by atoms with E-state index in [2.05, 4.69) is 40.1 Å². The van der Waals surface area contributed by atoms with Crippen molar-refractivity contribution in [3.05, 3.63) is 30.3 Å². The van der Waals surface area contributed by atoms with Gasteiger partial charge >= 0.3 is 0 Å². The molecule has 2 atom stereocenters. The highest BCUT2D eigenvalue weighted by Gasteiger charge is 2.22. The zero-order valence-electron chi connectivity index (χ0n) is 15.8. The van der Waals surface area contributed by atoms with E-state index in [-0.39, 0.29) is 55.1 Å². The molecular formula is C18H33Cl3N4O. The summed E-state index contributed by atoms with van der Waals surface area (Å²) >= 11 is 0. The molecule has 26 heavy (non-hydrogen) atoms. The number of rotatable bonds is 6. The molecule has 2 rings (SSSR count). The molecule has 5 nitrogen and oxygen atoms in total. The average molecular weight is 428 g/mol. The Balaban J connectivity index is 0. The summed E-state index contributed by atoms with van der Waals surface area (Å²) in [6.45, 7) is 9.65. The fraction of sp³-hybridized carbons (Fsp3) is 0.611. The molecule has 1 aromatic rings. The van der Waals surface area contributed by atoms with Gasteiger partial charge in [-0.1, -0.05) is 25.1 Å². The minimum Gasteiger partial charge on any atom is -0.369 e. The summed E-state index contributed by atoms with van der Waals surface area (Å²) in [4.78, 5) is 18.9. The Labute approximate surface area is 176 Å². The molecule has 0 bridgehead atoms. The van der Waals surface area contributed by atoms with E-state index < -0.39 is 0 Å². The van der Waals surface area contributed by atoms with Crippen molar-refractivity contribution in [2.45, 2.75) is 19.9 Å². The Morgan fingerprint density at radius 1 is 1.08 bits per heavy atom. The lowest BCUT2D eigenvalue weighted by atomic mass is 10.0. The van der Waals surface area contributed by atoms with Crippen LogP contribution in [0.5, 0.6) is 0 Å². The van der Waals surface area contributed by atoms with Gasteiger partial charge in [0.15, 0.2) is 0 Å². The maximum atomic E-state index is 12.2. The smallest absolute Gasteiger partial charge is 0.226 e. The summed E-state index contributed by atoms with van der Waals surface area (Å²) in [6.07, 6.45) is 0. The normalized spacial score (nSPS) is 16.4. The summed E-state index contributed by atoms with van der Waals surface area (Å²) in [5.74, 6) is 0.0258. The molecule has 1 amide bonds. The number of para-hydroxylation sites is 1. The van der Waals surface area contributed by atoms with Gasteiger partial charge in [0.1, 0.15) is 0 Å². The van der Waals surface area contributed by atoms with Crippen LogP contribution in [0, 0.1) is 5.92 Å². The predicted octanol–water partition coefficient (Wildman–Crippen LogP) is 2.52. The SMILES string of the molecule is CC(N)C(C)C(=O)N(C)CCN1CCN(c2ccccc2)CC1.Cl.Cl.Cl. The van der Waals surface area contributed by atoms with Crippen molar-refractivity contribution < 1.29 is 4.79 Å². The van der Waals surface area contributed by atoms with E-state index in [4.69, 9.17) is 5.73 Å². The van der Waals surface area contributed by atoms with E-state index in [9.17, 15) is 4.79 Å². The van der Waals surface area contributed by atoms with E-state index >= 15 is 0 Å². The molecule has 1 aliphatic heterocycles. The molecule has 1 fully saturated rings. The Hall–Kier alpha value is -0.720. The predicted molar refractivity (Wildman–Crippen MR) is 117 cm³/mol. The van der Waals surface area contributed by atoms with Gasteiger partial charge in [-0.3, -0.25) is 9.69 Å². The van der Waals surface area contributed by atoms with E-state index in [1.807, 2.05) is 25.8 Å². The topological polar surface area (TPSA) is 52.8 Å². The first-order valence-electron chi connectivity index (χ1n) is 8.52. The fourth-order valence-corrected chi connectivity index (χ4v) is 2.84. The highest BCUT2D eigenvalue weighted by molar-refractivity contribution is 5.86. The van der Waals surface area contributed by atoms with Crippen LogP contribution in [0.25, 0.3) is 0 Å². The molecule has 0 saturated carbocycles. The van der Waals surface area contributed by atoms with Crippen LogP contribution >= 0.6 is 37.2 Å². The molecule has 152 valence electrons. The quantitative estimate of drug-likeness (QED) is 0.758. The lowest BCUT2D eigenvalue weighted by Gasteiger charge is -2.37. The van der Waals surface area contributed by atoms with Crippen LogP contribution in [0.4, 0.5) is 5.69 Å². The van der Waals surface area contributed by atoms with Crippen LogP contribution in [0.3, 0.4) is 0 Å². The Morgan fingerprint density at radius 3 is 2.12 bits per heavy atom. The molecule has 1 aromatic carbocycles. The number of amides is 1. The molecule has 1 heterocycles. The zero-order chi connectivity index (χ0) is 16.8. The second-order valence-electron chi connectivity index (χ2n) is 6.57.